The Balaban J connectivity index is 1.90. The first-order valence-electron chi connectivity index (χ1n) is 7.79. The third kappa shape index (κ3) is 5.72. The lowest BCUT2D eigenvalue weighted by Crippen LogP contribution is -2.48. The number of carbonyl (C=O) groups is 2. The number of halogens is 1. The Bertz CT molecular complexity index is 827. The largest absolute Gasteiger partial charge is 0.491 e. The highest BCUT2D eigenvalue weighted by molar-refractivity contribution is 7.80. The van der Waals surface area contributed by atoms with Crippen molar-refractivity contribution < 1.29 is 14.3 Å². The molecule has 2 aromatic carbocycles. The van der Waals surface area contributed by atoms with E-state index in [0.717, 1.165) is 0 Å². The van der Waals surface area contributed by atoms with E-state index in [2.05, 4.69) is 16.2 Å². The Labute approximate surface area is 161 Å². The summed E-state index contributed by atoms with van der Waals surface area (Å²) in [5.41, 5.74) is 5.51. The van der Waals surface area contributed by atoms with Crippen LogP contribution in [0.25, 0.3) is 0 Å². The predicted molar refractivity (Wildman–Crippen MR) is 104 cm³/mol. The number of ether oxygens (including phenoxy) is 1. The zero-order valence-corrected chi connectivity index (χ0v) is 15.8. The summed E-state index contributed by atoms with van der Waals surface area (Å²) in [4.78, 5) is 24.3. The normalized spacial score (nSPS) is 10.2. The van der Waals surface area contributed by atoms with Gasteiger partial charge in [0.05, 0.1) is 16.7 Å². The molecule has 2 aromatic rings. The van der Waals surface area contributed by atoms with Gasteiger partial charge in [-0.3, -0.25) is 25.8 Å². The van der Waals surface area contributed by atoms with Crippen LogP contribution >= 0.6 is 23.8 Å². The molecule has 3 N–H and O–H groups in total. The summed E-state index contributed by atoms with van der Waals surface area (Å²) in [6.45, 7) is 3.79. The third-order valence-electron chi connectivity index (χ3n) is 3.10. The number of hydrogen-bond acceptors (Lipinski definition) is 4. The molecule has 26 heavy (non-hydrogen) atoms. The molecule has 6 nitrogen and oxygen atoms in total. The standard InChI is InChI=1S/C18H18ClN3O3S/c1-11(2)25-13-7-5-6-12(10-13)16(23)20-18(26)22-21-17(24)14-8-3-4-9-15(14)19/h3-11H,1-2H3,(H,21,24)(H2,20,22,23,26). The van der Waals surface area contributed by atoms with Crippen molar-refractivity contribution in [2.45, 2.75) is 20.0 Å². The first-order chi connectivity index (χ1) is 12.4. The van der Waals surface area contributed by atoms with Crippen LogP contribution in [0.4, 0.5) is 0 Å². The maximum Gasteiger partial charge on any atom is 0.271 e. The minimum atomic E-state index is -0.473. The molecule has 0 aliphatic rings. The van der Waals surface area contributed by atoms with E-state index in [1.54, 1.807) is 48.5 Å². The number of rotatable bonds is 4. The summed E-state index contributed by atoms with van der Waals surface area (Å²) in [7, 11) is 0. The van der Waals surface area contributed by atoms with Gasteiger partial charge in [-0.1, -0.05) is 29.8 Å². The monoisotopic (exact) mass is 391 g/mol. The predicted octanol–water partition coefficient (Wildman–Crippen LogP) is 3.08. The molecule has 0 unspecified atom stereocenters. The number of hydrogen-bond donors (Lipinski definition) is 3. The molecule has 0 aliphatic carbocycles. The highest BCUT2D eigenvalue weighted by atomic mass is 35.5. The number of amides is 2. The molecule has 2 amide bonds. The third-order valence-corrected chi connectivity index (χ3v) is 3.64. The smallest absolute Gasteiger partial charge is 0.271 e. The fourth-order valence-corrected chi connectivity index (χ4v) is 2.38. The molecule has 136 valence electrons. The van der Waals surface area contributed by atoms with Crippen LogP contribution in [0.2, 0.25) is 5.02 Å². The molecule has 0 aromatic heterocycles. The summed E-state index contributed by atoms with van der Waals surface area (Å²) in [6, 6.07) is 13.3. The van der Waals surface area contributed by atoms with Crippen molar-refractivity contribution in [1.82, 2.24) is 16.2 Å². The molecule has 0 saturated heterocycles. The van der Waals surface area contributed by atoms with Crippen molar-refractivity contribution >= 4 is 40.7 Å². The van der Waals surface area contributed by atoms with E-state index < -0.39 is 11.8 Å². The van der Waals surface area contributed by atoms with Gasteiger partial charge < -0.3 is 4.74 Å². The van der Waals surface area contributed by atoms with Gasteiger partial charge in [-0.15, -0.1) is 0 Å². The Kier molecular flexibility index (Phi) is 6.94. The molecule has 0 bridgehead atoms. The average Bonchev–Trinajstić information content (AvgIpc) is 2.59. The van der Waals surface area contributed by atoms with E-state index in [1.165, 1.54) is 0 Å². The Morgan fingerprint density at radius 1 is 1.04 bits per heavy atom. The SMILES string of the molecule is CC(C)Oc1cccc(C(=O)NC(=S)NNC(=O)c2ccccc2Cl)c1. The van der Waals surface area contributed by atoms with Gasteiger partial charge in [-0.2, -0.15) is 0 Å². The van der Waals surface area contributed by atoms with Gasteiger partial charge in [-0.05, 0) is 56.4 Å². The molecular weight excluding hydrogens is 374 g/mol. The molecular formula is C18H18ClN3O3S. The summed E-state index contributed by atoms with van der Waals surface area (Å²) in [6.07, 6.45) is -0.00363. The van der Waals surface area contributed by atoms with Gasteiger partial charge in [0.1, 0.15) is 5.75 Å². The Hall–Kier alpha value is -2.64. The topological polar surface area (TPSA) is 79.5 Å². The van der Waals surface area contributed by atoms with Crippen LogP contribution in [0.3, 0.4) is 0 Å². The Morgan fingerprint density at radius 2 is 1.77 bits per heavy atom. The lowest BCUT2D eigenvalue weighted by atomic mass is 10.2. The fourth-order valence-electron chi connectivity index (χ4n) is 2.02. The summed E-state index contributed by atoms with van der Waals surface area (Å²) in [5, 5.41) is 2.73. The van der Waals surface area contributed by atoms with Crippen molar-refractivity contribution in [3.05, 3.63) is 64.7 Å². The molecule has 0 heterocycles. The van der Waals surface area contributed by atoms with Gasteiger partial charge in [0.2, 0.25) is 0 Å². The number of nitrogens with one attached hydrogen (secondary N) is 3. The second-order valence-corrected chi connectivity index (χ2v) is 6.35. The first kappa shape index (κ1) is 19.7. The lowest BCUT2D eigenvalue weighted by Gasteiger charge is -2.13. The first-order valence-corrected chi connectivity index (χ1v) is 8.58. The van der Waals surface area contributed by atoms with E-state index in [4.69, 9.17) is 28.6 Å². The molecule has 0 radical (unpaired) electrons. The lowest BCUT2D eigenvalue weighted by molar-refractivity contribution is 0.0934. The van der Waals surface area contributed by atoms with Crippen molar-refractivity contribution in [3.63, 3.8) is 0 Å². The average molecular weight is 392 g/mol. The van der Waals surface area contributed by atoms with Gasteiger partial charge in [0, 0.05) is 5.56 Å². The van der Waals surface area contributed by atoms with Gasteiger partial charge in [0.15, 0.2) is 5.11 Å². The van der Waals surface area contributed by atoms with Crippen LogP contribution in [0.15, 0.2) is 48.5 Å². The van der Waals surface area contributed by atoms with E-state index in [1.807, 2.05) is 13.8 Å². The van der Waals surface area contributed by atoms with Crippen LogP contribution in [0, 0.1) is 0 Å². The quantitative estimate of drug-likeness (QED) is 0.551. The summed E-state index contributed by atoms with van der Waals surface area (Å²) < 4.78 is 5.55. The second kappa shape index (κ2) is 9.17. The van der Waals surface area contributed by atoms with Crippen molar-refractivity contribution in [2.24, 2.45) is 0 Å². The second-order valence-electron chi connectivity index (χ2n) is 5.54. The van der Waals surface area contributed by atoms with Crippen LogP contribution in [-0.2, 0) is 0 Å². The van der Waals surface area contributed by atoms with Crippen LogP contribution < -0.4 is 20.9 Å². The van der Waals surface area contributed by atoms with E-state index in [-0.39, 0.29) is 16.8 Å². The zero-order valence-electron chi connectivity index (χ0n) is 14.2. The maximum atomic E-state index is 12.2. The van der Waals surface area contributed by atoms with Crippen LogP contribution in [0.5, 0.6) is 5.75 Å². The molecule has 0 aliphatic heterocycles. The minimum Gasteiger partial charge on any atom is -0.491 e. The molecule has 2 rings (SSSR count). The van der Waals surface area contributed by atoms with E-state index in [0.29, 0.717) is 16.3 Å². The van der Waals surface area contributed by atoms with Crippen molar-refractivity contribution in [2.75, 3.05) is 0 Å². The highest BCUT2D eigenvalue weighted by Crippen LogP contribution is 2.15. The maximum absolute atomic E-state index is 12.2. The van der Waals surface area contributed by atoms with Crippen molar-refractivity contribution in [3.8, 4) is 5.75 Å². The fraction of sp³-hybridized carbons (Fsp3) is 0.167. The summed E-state index contributed by atoms with van der Waals surface area (Å²) in [5.74, 6) is -0.318. The van der Waals surface area contributed by atoms with E-state index >= 15 is 0 Å². The molecule has 0 spiro atoms. The molecule has 0 atom stereocenters. The minimum absolute atomic E-state index is 0.00363. The van der Waals surface area contributed by atoms with Gasteiger partial charge in [0.25, 0.3) is 11.8 Å². The number of hydrazine groups is 1. The summed E-state index contributed by atoms with van der Waals surface area (Å²) >= 11 is 11.0. The number of thiocarbonyl (C=S) groups is 1. The van der Waals surface area contributed by atoms with Crippen LogP contribution in [-0.4, -0.2) is 23.0 Å². The molecule has 8 heteroatoms. The van der Waals surface area contributed by atoms with Gasteiger partial charge in [-0.25, -0.2) is 0 Å². The number of carbonyl (C=O) groups excluding carboxylic acids is 2. The Morgan fingerprint density at radius 3 is 2.46 bits per heavy atom. The van der Waals surface area contributed by atoms with E-state index in [9.17, 15) is 9.59 Å². The van der Waals surface area contributed by atoms with Crippen LogP contribution in [0.1, 0.15) is 34.6 Å². The highest BCUT2D eigenvalue weighted by Gasteiger charge is 2.12. The zero-order chi connectivity index (χ0) is 19.1. The van der Waals surface area contributed by atoms with Crippen molar-refractivity contribution in [1.29, 1.82) is 0 Å². The molecule has 0 fully saturated rings. The molecule has 0 saturated carbocycles. The van der Waals surface area contributed by atoms with Gasteiger partial charge >= 0.3 is 0 Å². The number of benzene rings is 2.